The Hall–Kier alpha value is -2.74. The Morgan fingerprint density at radius 1 is 0.966 bits per heavy atom. The fourth-order valence-electron chi connectivity index (χ4n) is 3.39. The first-order valence-corrected chi connectivity index (χ1v) is 11.0. The van der Waals surface area contributed by atoms with Gasteiger partial charge >= 0.3 is 0 Å². The van der Waals surface area contributed by atoms with Crippen molar-refractivity contribution in [2.75, 3.05) is 32.0 Å². The summed E-state index contributed by atoms with van der Waals surface area (Å²) in [4.78, 5) is 14.7. The van der Waals surface area contributed by atoms with Gasteiger partial charge in [-0.1, -0.05) is 6.07 Å². The first-order valence-electron chi connectivity index (χ1n) is 9.50. The maximum atomic E-state index is 13.0. The lowest BCUT2D eigenvalue weighted by Crippen LogP contribution is -2.35. The predicted octanol–water partition coefficient (Wildman–Crippen LogP) is 3.44. The number of nitrogens with zero attached hydrogens (tertiary/aromatic N) is 1. The van der Waals surface area contributed by atoms with Crippen LogP contribution in [-0.4, -0.2) is 46.5 Å². The lowest BCUT2D eigenvalue weighted by Gasteiger charge is -2.27. The van der Waals surface area contributed by atoms with Crippen molar-refractivity contribution in [1.82, 2.24) is 4.90 Å². The summed E-state index contributed by atoms with van der Waals surface area (Å²) in [6.07, 6.45) is 2.99. The number of carbonyl (C=O) groups excluding carboxylic acids is 1. The van der Waals surface area contributed by atoms with Crippen molar-refractivity contribution >= 4 is 21.6 Å². The van der Waals surface area contributed by atoms with E-state index in [2.05, 4.69) is 4.72 Å². The third-order valence-corrected chi connectivity index (χ3v) is 6.32. The van der Waals surface area contributed by atoms with Crippen LogP contribution in [0.3, 0.4) is 0 Å². The summed E-state index contributed by atoms with van der Waals surface area (Å²) >= 11 is 0. The van der Waals surface area contributed by atoms with Gasteiger partial charge < -0.3 is 14.4 Å². The Kier molecular flexibility index (Phi) is 6.32. The minimum Gasteiger partial charge on any atom is -0.496 e. The molecule has 7 nitrogen and oxygen atoms in total. The number of likely N-dealkylation sites (tertiary alicyclic amines) is 1. The van der Waals surface area contributed by atoms with Gasteiger partial charge in [-0.2, -0.15) is 0 Å². The lowest BCUT2D eigenvalue weighted by atomic mass is 10.1. The number of benzene rings is 2. The summed E-state index contributed by atoms with van der Waals surface area (Å²) in [6, 6.07) is 9.54. The molecule has 29 heavy (non-hydrogen) atoms. The largest absolute Gasteiger partial charge is 0.496 e. The molecule has 3 rings (SSSR count). The topological polar surface area (TPSA) is 84.9 Å². The van der Waals surface area contributed by atoms with E-state index in [9.17, 15) is 13.2 Å². The highest BCUT2D eigenvalue weighted by atomic mass is 32.2. The van der Waals surface area contributed by atoms with Gasteiger partial charge in [0.15, 0.2) is 0 Å². The average Bonchev–Trinajstić information content (AvgIpc) is 2.73. The van der Waals surface area contributed by atoms with Crippen molar-refractivity contribution in [2.45, 2.75) is 31.1 Å². The molecule has 1 fully saturated rings. The Labute approximate surface area is 171 Å². The fraction of sp³-hybridized carbons (Fsp3) is 0.381. The van der Waals surface area contributed by atoms with Gasteiger partial charge in [0.05, 0.1) is 30.4 Å². The van der Waals surface area contributed by atoms with Crippen molar-refractivity contribution in [3.05, 3.63) is 47.5 Å². The van der Waals surface area contributed by atoms with Crippen molar-refractivity contribution < 1.29 is 22.7 Å². The van der Waals surface area contributed by atoms with E-state index >= 15 is 0 Å². The normalized spacial score (nSPS) is 14.4. The van der Waals surface area contributed by atoms with Gasteiger partial charge in [-0.3, -0.25) is 9.52 Å². The van der Waals surface area contributed by atoms with Crippen LogP contribution in [0.5, 0.6) is 11.5 Å². The molecular weight excluding hydrogens is 392 g/mol. The first kappa shape index (κ1) is 21.0. The fourth-order valence-corrected chi connectivity index (χ4v) is 4.48. The second-order valence-electron chi connectivity index (χ2n) is 7.02. The molecule has 0 unspecified atom stereocenters. The van der Waals surface area contributed by atoms with Gasteiger partial charge in [-0.05, 0) is 62.1 Å². The molecule has 1 heterocycles. The number of piperidine rings is 1. The van der Waals surface area contributed by atoms with Gasteiger partial charge in [-0.25, -0.2) is 8.42 Å². The highest BCUT2D eigenvalue weighted by molar-refractivity contribution is 7.92. The maximum Gasteiger partial charge on any atom is 0.262 e. The predicted molar refractivity (Wildman–Crippen MR) is 111 cm³/mol. The Bertz CT molecular complexity index is 998. The molecule has 0 saturated carbocycles. The van der Waals surface area contributed by atoms with Crippen LogP contribution in [0.15, 0.2) is 41.3 Å². The highest BCUT2D eigenvalue weighted by Gasteiger charge is 2.25. The van der Waals surface area contributed by atoms with Gasteiger partial charge in [-0.15, -0.1) is 0 Å². The van der Waals surface area contributed by atoms with Crippen LogP contribution >= 0.6 is 0 Å². The number of methoxy groups -OCH3 is 2. The molecule has 0 spiro atoms. The molecule has 1 amide bonds. The van der Waals surface area contributed by atoms with E-state index in [1.807, 2.05) is 13.0 Å². The zero-order valence-electron chi connectivity index (χ0n) is 16.9. The Morgan fingerprint density at radius 3 is 2.28 bits per heavy atom. The van der Waals surface area contributed by atoms with Crippen molar-refractivity contribution in [2.24, 2.45) is 0 Å². The summed E-state index contributed by atoms with van der Waals surface area (Å²) in [5, 5.41) is 0. The molecule has 0 bridgehead atoms. The number of anilines is 1. The van der Waals surface area contributed by atoms with E-state index in [0.29, 0.717) is 30.3 Å². The molecular formula is C21H26N2O5S. The molecule has 2 aromatic carbocycles. The number of sulfonamides is 1. The Balaban J connectivity index is 1.95. The molecule has 1 N–H and O–H groups in total. The minimum atomic E-state index is -3.93. The first-order chi connectivity index (χ1) is 13.9. The van der Waals surface area contributed by atoms with Crippen LogP contribution in [0.2, 0.25) is 0 Å². The molecule has 8 heteroatoms. The molecule has 0 aromatic heterocycles. The third kappa shape index (κ3) is 4.64. The van der Waals surface area contributed by atoms with Gasteiger partial charge in [0.1, 0.15) is 11.5 Å². The number of hydrogen-bond donors (Lipinski definition) is 1. The second kappa shape index (κ2) is 8.73. The number of hydrogen-bond acceptors (Lipinski definition) is 5. The van der Waals surface area contributed by atoms with Gasteiger partial charge in [0.2, 0.25) is 0 Å². The summed E-state index contributed by atoms with van der Waals surface area (Å²) in [5.74, 6) is 0.552. The van der Waals surface area contributed by atoms with Crippen LogP contribution in [0, 0.1) is 6.92 Å². The second-order valence-corrected chi connectivity index (χ2v) is 8.71. The smallest absolute Gasteiger partial charge is 0.262 e. The van der Waals surface area contributed by atoms with E-state index in [4.69, 9.17) is 9.47 Å². The number of ether oxygens (including phenoxy) is 2. The summed E-state index contributed by atoms with van der Waals surface area (Å²) < 4.78 is 39.1. The minimum absolute atomic E-state index is 0.0118. The molecule has 2 aromatic rings. The lowest BCUT2D eigenvalue weighted by molar-refractivity contribution is 0.0720. The van der Waals surface area contributed by atoms with E-state index in [1.54, 1.807) is 17.0 Å². The standard InChI is InChI=1S/C21H26N2O5S/c1-15-7-9-20(28-3)18(13-15)22-29(25,26)16-8-10-19(27-2)17(14-16)21(24)23-11-5-4-6-12-23/h7-10,13-14,22H,4-6,11-12H2,1-3H3. The summed E-state index contributed by atoms with van der Waals surface area (Å²) in [7, 11) is -0.989. The maximum absolute atomic E-state index is 13.0. The summed E-state index contributed by atoms with van der Waals surface area (Å²) in [6.45, 7) is 3.19. The SMILES string of the molecule is COc1ccc(C)cc1NS(=O)(=O)c1ccc(OC)c(C(=O)N2CCCCC2)c1. The van der Waals surface area contributed by atoms with Crippen LogP contribution in [0.4, 0.5) is 5.69 Å². The molecule has 156 valence electrons. The number of carbonyl (C=O) groups is 1. The van der Waals surface area contributed by atoms with Gasteiger partial charge in [0, 0.05) is 13.1 Å². The monoisotopic (exact) mass is 418 g/mol. The number of rotatable bonds is 6. The molecule has 1 aliphatic heterocycles. The quantitative estimate of drug-likeness (QED) is 0.777. The van der Waals surface area contributed by atoms with E-state index in [1.165, 1.54) is 32.4 Å². The number of nitrogens with one attached hydrogen (secondary N) is 1. The zero-order chi connectivity index (χ0) is 21.0. The van der Waals surface area contributed by atoms with Crippen LogP contribution in [0.25, 0.3) is 0 Å². The third-order valence-electron chi connectivity index (χ3n) is 4.95. The number of amides is 1. The zero-order valence-corrected chi connectivity index (χ0v) is 17.7. The highest BCUT2D eigenvalue weighted by Crippen LogP contribution is 2.30. The molecule has 0 radical (unpaired) electrons. The van der Waals surface area contributed by atoms with Gasteiger partial charge in [0.25, 0.3) is 15.9 Å². The van der Waals surface area contributed by atoms with Crippen LogP contribution in [0.1, 0.15) is 35.2 Å². The number of aryl methyl sites for hydroxylation is 1. The van der Waals surface area contributed by atoms with Crippen molar-refractivity contribution in [3.8, 4) is 11.5 Å². The Morgan fingerprint density at radius 2 is 1.62 bits per heavy atom. The van der Waals surface area contributed by atoms with Crippen molar-refractivity contribution in [3.63, 3.8) is 0 Å². The van der Waals surface area contributed by atoms with Crippen LogP contribution in [-0.2, 0) is 10.0 Å². The molecule has 0 aliphatic carbocycles. The average molecular weight is 419 g/mol. The summed E-state index contributed by atoms with van der Waals surface area (Å²) in [5.41, 5.74) is 1.47. The molecule has 1 saturated heterocycles. The van der Waals surface area contributed by atoms with Crippen LogP contribution < -0.4 is 14.2 Å². The van der Waals surface area contributed by atoms with Crippen molar-refractivity contribution in [1.29, 1.82) is 0 Å². The molecule has 0 atom stereocenters. The molecule has 1 aliphatic rings. The van der Waals surface area contributed by atoms with E-state index in [-0.39, 0.29) is 16.4 Å². The van der Waals surface area contributed by atoms with E-state index in [0.717, 1.165) is 24.8 Å². The van der Waals surface area contributed by atoms with E-state index < -0.39 is 10.0 Å².